The third-order valence-electron chi connectivity index (χ3n) is 2.26. The van der Waals surface area contributed by atoms with Gasteiger partial charge < -0.3 is 4.42 Å². The zero-order chi connectivity index (χ0) is 10.8. The smallest absolute Gasteiger partial charge is 0.198 e. The highest BCUT2D eigenvalue weighted by molar-refractivity contribution is 9.10. The first-order chi connectivity index (χ1) is 7.22. The van der Waals surface area contributed by atoms with Crippen LogP contribution in [0.1, 0.15) is 30.3 Å². The Balaban J connectivity index is 2.47. The molecule has 78 valence electrons. The standard InChI is InChI=1S/C12H11BrO2/c1-2-4-10(14)12-7-8-9(13)5-3-6-11(8)15-12/h3,5-7H,2,4H2,1H3. The zero-order valence-electron chi connectivity index (χ0n) is 8.42. The van der Waals surface area contributed by atoms with Gasteiger partial charge in [0.2, 0.25) is 0 Å². The number of carbonyl (C=O) groups is 1. The summed E-state index contributed by atoms with van der Waals surface area (Å²) in [5, 5.41) is 0.956. The van der Waals surface area contributed by atoms with E-state index in [2.05, 4.69) is 15.9 Å². The fourth-order valence-electron chi connectivity index (χ4n) is 1.51. The van der Waals surface area contributed by atoms with Crippen molar-refractivity contribution in [2.75, 3.05) is 0 Å². The molecule has 3 heteroatoms. The molecule has 0 saturated carbocycles. The summed E-state index contributed by atoms with van der Waals surface area (Å²) in [6, 6.07) is 7.50. The van der Waals surface area contributed by atoms with E-state index < -0.39 is 0 Å². The van der Waals surface area contributed by atoms with Gasteiger partial charge in [0.25, 0.3) is 0 Å². The average molecular weight is 267 g/mol. The van der Waals surface area contributed by atoms with Crippen LogP contribution in [0.25, 0.3) is 11.0 Å². The molecular weight excluding hydrogens is 256 g/mol. The van der Waals surface area contributed by atoms with Crippen LogP contribution in [0.3, 0.4) is 0 Å². The molecule has 1 aromatic heterocycles. The number of rotatable bonds is 3. The topological polar surface area (TPSA) is 30.2 Å². The normalized spacial score (nSPS) is 10.8. The van der Waals surface area contributed by atoms with Crippen molar-refractivity contribution < 1.29 is 9.21 Å². The van der Waals surface area contributed by atoms with Crippen molar-refractivity contribution in [2.24, 2.45) is 0 Å². The summed E-state index contributed by atoms with van der Waals surface area (Å²) in [6.07, 6.45) is 1.38. The van der Waals surface area contributed by atoms with E-state index in [0.29, 0.717) is 12.2 Å². The van der Waals surface area contributed by atoms with Gasteiger partial charge in [0.1, 0.15) is 5.58 Å². The first-order valence-corrected chi connectivity index (χ1v) is 5.73. The second kappa shape index (κ2) is 4.19. The van der Waals surface area contributed by atoms with Gasteiger partial charge in [0.05, 0.1) is 0 Å². The molecule has 15 heavy (non-hydrogen) atoms. The maximum absolute atomic E-state index is 11.6. The van der Waals surface area contributed by atoms with E-state index in [1.54, 1.807) is 6.07 Å². The van der Waals surface area contributed by atoms with E-state index in [0.717, 1.165) is 21.9 Å². The summed E-state index contributed by atoms with van der Waals surface area (Å²) in [5.41, 5.74) is 0.754. The Morgan fingerprint density at radius 2 is 2.27 bits per heavy atom. The Labute approximate surface area is 96.4 Å². The Morgan fingerprint density at radius 3 is 2.93 bits per heavy atom. The van der Waals surface area contributed by atoms with E-state index in [4.69, 9.17) is 4.42 Å². The van der Waals surface area contributed by atoms with Gasteiger partial charge in [-0.1, -0.05) is 28.9 Å². The molecule has 0 fully saturated rings. The van der Waals surface area contributed by atoms with Crippen LogP contribution in [0.5, 0.6) is 0 Å². The molecule has 0 spiro atoms. The summed E-state index contributed by atoms with van der Waals surface area (Å²) < 4.78 is 6.44. The van der Waals surface area contributed by atoms with Crippen LogP contribution >= 0.6 is 15.9 Å². The molecule has 0 aliphatic carbocycles. The lowest BCUT2D eigenvalue weighted by Gasteiger charge is -1.91. The number of fused-ring (bicyclic) bond motifs is 1. The summed E-state index contributed by atoms with van der Waals surface area (Å²) in [5.74, 6) is 0.527. The van der Waals surface area contributed by atoms with E-state index in [1.165, 1.54) is 0 Å². The Morgan fingerprint density at radius 1 is 1.47 bits per heavy atom. The molecule has 2 rings (SSSR count). The maximum atomic E-state index is 11.6. The Kier molecular flexibility index (Phi) is 2.91. The summed E-state index contributed by atoms with van der Waals surface area (Å²) in [6.45, 7) is 1.98. The third kappa shape index (κ3) is 1.97. The van der Waals surface area contributed by atoms with E-state index >= 15 is 0 Å². The lowest BCUT2D eigenvalue weighted by Crippen LogP contribution is -1.94. The number of ketones is 1. The summed E-state index contributed by atoms with van der Waals surface area (Å²) in [7, 11) is 0. The van der Waals surface area contributed by atoms with Crippen molar-refractivity contribution in [3.05, 3.63) is 34.5 Å². The molecule has 0 unspecified atom stereocenters. The molecule has 2 aromatic rings. The quantitative estimate of drug-likeness (QED) is 0.781. The number of benzene rings is 1. The minimum absolute atomic E-state index is 0.0700. The fraction of sp³-hybridized carbons (Fsp3) is 0.250. The number of furan rings is 1. The molecule has 0 atom stereocenters. The lowest BCUT2D eigenvalue weighted by molar-refractivity contribution is 0.0957. The Hall–Kier alpha value is -1.09. The van der Waals surface area contributed by atoms with Crippen LogP contribution in [0, 0.1) is 0 Å². The molecule has 0 N–H and O–H groups in total. The minimum atomic E-state index is 0.0700. The van der Waals surface area contributed by atoms with Crippen LogP contribution in [-0.2, 0) is 0 Å². The van der Waals surface area contributed by atoms with Crippen LogP contribution in [0.4, 0.5) is 0 Å². The third-order valence-corrected chi connectivity index (χ3v) is 2.95. The zero-order valence-corrected chi connectivity index (χ0v) is 10.0. The summed E-state index contributed by atoms with van der Waals surface area (Å²) >= 11 is 3.43. The van der Waals surface area contributed by atoms with E-state index in [9.17, 15) is 4.79 Å². The van der Waals surface area contributed by atoms with Gasteiger partial charge >= 0.3 is 0 Å². The van der Waals surface area contributed by atoms with Gasteiger partial charge in [-0.2, -0.15) is 0 Å². The SMILES string of the molecule is CCCC(=O)c1cc2c(Br)cccc2o1. The molecule has 2 nitrogen and oxygen atoms in total. The van der Waals surface area contributed by atoms with Crippen LogP contribution < -0.4 is 0 Å². The number of hydrogen-bond donors (Lipinski definition) is 0. The fourth-order valence-corrected chi connectivity index (χ4v) is 1.98. The molecule has 0 aliphatic rings. The highest BCUT2D eigenvalue weighted by Gasteiger charge is 2.12. The van der Waals surface area contributed by atoms with Gasteiger partial charge in [-0.25, -0.2) is 0 Å². The second-order valence-corrected chi connectivity index (χ2v) is 4.29. The average Bonchev–Trinajstić information content (AvgIpc) is 2.63. The number of hydrogen-bond acceptors (Lipinski definition) is 2. The molecule has 0 bridgehead atoms. The molecule has 0 aliphatic heterocycles. The first kappa shape index (κ1) is 10.4. The van der Waals surface area contributed by atoms with Crippen molar-refractivity contribution in [1.82, 2.24) is 0 Å². The van der Waals surface area contributed by atoms with Crippen molar-refractivity contribution in [1.29, 1.82) is 0 Å². The molecule has 0 saturated heterocycles. The van der Waals surface area contributed by atoms with Crippen LogP contribution in [-0.4, -0.2) is 5.78 Å². The highest BCUT2D eigenvalue weighted by atomic mass is 79.9. The minimum Gasteiger partial charge on any atom is -0.453 e. The molecular formula is C12H11BrO2. The van der Waals surface area contributed by atoms with Crippen molar-refractivity contribution in [2.45, 2.75) is 19.8 Å². The van der Waals surface area contributed by atoms with Crippen molar-refractivity contribution >= 4 is 32.7 Å². The maximum Gasteiger partial charge on any atom is 0.198 e. The van der Waals surface area contributed by atoms with Gasteiger partial charge in [-0.15, -0.1) is 0 Å². The number of carbonyl (C=O) groups excluding carboxylic acids is 1. The van der Waals surface area contributed by atoms with Gasteiger partial charge in [0, 0.05) is 16.3 Å². The first-order valence-electron chi connectivity index (χ1n) is 4.93. The molecule has 1 aromatic carbocycles. The second-order valence-electron chi connectivity index (χ2n) is 3.44. The highest BCUT2D eigenvalue weighted by Crippen LogP contribution is 2.27. The van der Waals surface area contributed by atoms with Crippen LogP contribution in [0.15, 0.2) is 33.2 Å². The monoisotopic (exact) mass is 266 g/mol. The molecule has 0 amide bonds. The van der Waals surface area contributed by atoms with Crippen molar-refractivity contribution in [3.8, 4) is 0 Å². The Bertz CT molecular complexity index is 499. The van der Waals surface area contributed by atoms with Gasteiger partial charge in [0.15, 0.2) is 11.5 Å². The number of halogens is 1. The van der Waals surface area contributed by atoms with Gasteiger partial charge in [-0.3, -0.25) is 4.79 Å². The van der Waals surface area contributed by atoms with Crippen LogP contribution in [0.2, 0.25) is 0 Å². The van der Waals surface area contributed by atoms with Crippen molar-refractivity contribution in [3.63, 3.8) is 0 Å². The lowest BCUT2D eigenvalue weighted by atomic mass is 10.2. The van der Waals surface area contributed by atoms with E-state index in [-0.39, 0.29) is 5.78 Å². The molecule has 0 radical (unpaired) electrons. The largest absolute Gasteiger partial charge is 0.453 e. The summed E-state index contributed by atoms with van der Waals surface area (Å²) in [4.78, 5) is 11.6. The predicted octanol–water partition coefficient (Wildman–Crippen LogP) is 4.18. The predicted molar refractivity (Wildman–Crippen MR) is 63.2 cm³/mol. The molecule has 1 heterocycles. The van der Waals surface area contributed by atoms with Gasteiger partial charge in [-0.05, 0) is 24.6 Å². The van der Waals surface area contributed by atoms with E-state index in [1.807, 2.05) is 25.1 Å². The number of Topliss-reactive ketones (excluding diaryl/α,β-unsaturated/α-hetero) is 1.